The first-order valence-corrected chi connectivity index (χ1v) is 11.2. The molecule has 0 saturated heterocycles. The van der Waals surface area contributed by atoms with Crippen LogP contribution in [-0.2, 0) is 20.6 Å². The van der Waals surface area contributed by atoms with Gasteiger partial charge in [0.2, 0.25) is 0 Å². The molecule has 0 aliphatic carbocycles. The minimum Gasteiger partial charge on any atom is -0.478 e. The third-order valence-corrected chi connectivity index (χ3v) is 9.04. The summed E-state index contributed by atoms with van der Waals surface area (Å²) in [5, 5.41) is 9.00. The second-order valence-corrected chi connectivity index (χ2v) is 12.3. The Morgan fingerprint density at radius 3 is 2.33 bits per heavy atom. The summed E-state index contributed by atoms with van der Waals surface area (Å²) in [6.07, 6.45) is 2.07. The van der Waals surface area contributed by atoms with E-state index in [9.17, 15) is 4.79 Å². The smallest absolute Gasteiger partial charge is 0.328 e. The molecular formula is C19H30O4Si. The van der Waals surface area contributed by atoms with Gasteiger partial charge in [-0.25, -0.2) is 4.79 Å². The van der Waals surface area contributed by atoms with Gasteiger partial charge < -0.3 is 14.3 Å². The summed E-state index contributed by atoms with van der Waals surface area (Å²) in [4.78, 5) is 10.9. The van der Waals surface area contributed by atoms with Gasteiger partial charge in [0.1, 0.15) is 6.10 Å². The molecule has 1 N–H and O–H groups in total. The summed E-state index contributed by atoms with van der Waals surface area (Å²) in [6, 6.07) is 9.83. The van der Waals surface area contributed by atoms with Crippen LogP contribution in [0.5, 0.6) is 0 Å². The van der Waals surface area contributed by atoms with Gasteiger partial charge in [-0.05, 0) is 36.7 Å². The first kappa shape index (κ1) is 20.6. The summed E-state index contributed by atoms with van der Waals surface area (Å²) >= 11 is 0. The molecule has 0 aromatic heterocycles. The lowest BCUT2D eigenvalue weighted by Gasteiger charge is -2.39. The molecule has 1 aromatic rings. The van der Waals surface area contributed by atoms with Crippen LogP contribution in [0.4, 0.5) is 0 Å². The van der Waals surface area contributed by atoms with E-state index in [1.165, 1.54) is 0 Å². The van der Waals surface area contributed by atoms with E-state index in [-0.39, 0.29) is 11.1 Å². The molecule has 0 radical (unpaired) electrons. The van der Waals surface area contributed by atoms with Crippen LogP contribution >= 0.6 is 0 Å². The van der Waals surface area contributed by atoms with Crippen molar-refractivity contribution < 1.29 is 19.1 Å². The van der Waals surface area contributed by atoms with Crippen LogP contribution < -0.4 is 0 Å². The highest BCUT2D eigenvalue weighted by atomic mass is 28.4. The number of rotatable bonds is 8. The molecule has 0 heterocycles. The number of aliphatic carboxylic acids is 1. The molecule has 0 unspecified atom stereocenters. The van der Waals surface area contributed by atoms with E-state index in [1.807, 2.05) is 37.3 Å². The largest absolute Gasteiger partial charge is 0.478 e. The first-order chi connectivity index (χ1) is 11.0. The highest BCUT2D eigenvalue weighted by Crippen LogP contribution is 2.37. The topological polar surface area (TPSA) is 55.8 Å². The third kappa shape index (κ3) is 6.59. The van der Waals surface area contributed by atoms with Crippen LogP contribution in [0.25, 0.3) is 0 Å². The highest BCUT2D eigenvalue weighted by Gasteiger charge is 2.39. The lowest BCUT2D eigenvalue weighted by molar-refractivity contribution is -0.131. The van der Waals surface area contributed by atoms with Gasteiger partial charge in [0.25, 0.3) is 0 Å². The Morgan fingerprint density at radius 2 is 1.83 bits per heavy atom. The summed E-state index contributed by atoms with van der Waals surface area (Å²) < 4.78 is 12.3. The summed E-state index contributed by atoms with van der Waals surface area (Å²) in [5.41, 5.74) is 1.05. The normalized spacial score (nSPS) is 15.4. The highest BCUT2D eigenvalue weighted by molar-refractivity contribution is 6.74. The number of hydrogen-bond donors (Lipinski definition) is 1. The quantitative estimate of drug-likeness (QED) is 0.549. The van der Waals surface area contributed by atoms with Crippen molar-refractivity contribution in [3.05, 3.63) is 48.0 Å². The number of carboxylic acid groups (broad SMARTS) is 1. The van der Waals surface area contributed by atoms with Crippen LogP contribution in [0.15, 0.2) is 42.5 Å². The maximum absolute atomic E-state index is 10.9. The Bertz CT molecular complexity index is 546. The molecule has 0 aliphatic heterocycles. The molecule has 0 fully saturated rings. The summed E-state index contributed by atoms with van der Waals surface area (Å²) in [6.45, 7) is 13.3. The maximum atomic E-state index is 10.9. The second kappa shape index (κ2) is 8.60. The van der Waals surface area contributed by atoms with E-state index in [0.29, 0.717) is 6.61 Å². The molecule has 4 nitrogen and oxygen atoms in total. The molecule has 24 heavy (non-hydrogen) atoms. The second-order valence-electron chi connectivity index (χ2n) is 7.54. The first-order valence-electron chi connectivity index (χ1n) is 8.27. The Hall–Kier alpha value is -1.43. The van der Waals surface area contributed by atoms with Crippen LogP contribution in [0, 0.1) is 0 Å². The molecule has 0 saturated carbocycles. The zero-order valence-corrected chi connectivity index (χ0v) is 16.6. The van der Waals surface area contributed by atoms with E-state index >= 15 is 0 Å². The fourth-order valence-electron chi connectivity index (χ4n) is 2.00. The van der Waals surface area contributed by atoms with Gasteiger partial charge in [-0.3, -0.25) is 0 Å². The molecule has 5 heteroatoms. The van der Waals surface area contributed by atoms with Crippen molar-refractivity contribution in [3.63, 3.8) is 0 Å². The van der Waals surface area contributed by atoms with E-state index in [1.54, 1.807) is 6.08 Å². The Balaban J connectivity index is 2.82. The SMILES string of the molecule is C[C@@H](O[Si](C)(C)C(C)(C)C)[C@H](/C=C\C(=O)O)OCc1ccccc1. The lowest BCUT2D eigenvalue weighted by atomic mass is 10.2. The van der Waals surface area contributed by atoms with E-state index in [2.05, 4.69) is 33.9 Å². The predicted octanol–water partition coefficient (Wildman–Crippen LogP) is 4.62. The van der Waals surface area contributed by atoms with Gasteiger partial charge in [0.15, 0.2) is 8.32 Å². The van der Waals surface area contributed by atoms with Gasteiger partial charge in [0.05, 0.1) is 12.7 Å². The molecule has 1 aromatic carbocycles. The Labute approximate surface area is 146 Å². The minimum absolute atomic E-state index is 0.0851. The average molecular weight is 351 g/mol. The lowest BCUT2D eigenvalue weighted by Crippen LogP contribution is -2.46. The molecule has 1 rings (SSSR count). The standard InChI is InChI=1S/C19H30O4Si/c1-15(23-24(5,6)19(2,3)4)17(12-13-18(20)21)22-14-16-10-8-7-9-11-16/h7-13,15,17H,14H2,1-6H3,(H,20,21)/b13-12-/t15-,17+/m1/s1. The van der Waals surface area contributed by atoms with Gasteiger partial charge >= 0.3 is 5.97 Å². The maximum Gasteiger partial charge on any atom is 0.328 e. The average Bonchev–Trinajstić information content (AvgIpc) is 2.46. The zero-order chi connectivity index (χ0) is 18.4. The Morgan fingerprint density at radius 1 is 1.25 bits per heavy atom. The van der Waals surface area contributed by atoms with Gasteiger partial charge in [-0.1, -0.05) is 51.1 Å². The molecular weight excluding hydrogens is 320 g/mol. The van der Waals surface area contributed by atoms with Crippen molar-refractivity contribution in [2.75, 3.05) is 0 Å². The molecule has 0 amide bonds. The van der Waals surface area contributed by atoms with E-state index in [0.717, 1.165) is 11.6 Å². The monoisotopic (exact) mass is 350 g/mol. The fraction of sp³-hybridized carbons (Fsp3) is 0.526. The molecule has 2 atom stereocenters. The van der Waals surface area contributed by atoms with Crippen molar-refractivity contribution in [2.45, 2.75) is 64.6 Å². The van der Waals surface area contributed by atoms with Gasteiger partial charge in [0, 0.05) is 6.08 Å². The van der Waals surface area contributed by atoms with Gasteiger partial charge in [-0.2, -0.15) is 0 Å². The third-order valence-electron chi connectivity index (χ3n) is 4.46. The number of hydrogen-bond acceptors (Lipinski definition) is 3. The fourth-order valence-corrected chi connectivity index (χ4v) is 3.42. The van der Waals surface area contributed by atoms with E-state index < -0.39 is 20.4 Å². The summed E-state index contributed by atoms with van der Waals surface area (Å²) in [5.74, 6) is -0.983. The number of carbonyl (C=O) groups is 1. The van der Waals surface area contributed by atoms with Crippen molar-refractivity contribution in [1.29, 1.82) is 0 Å². The van der Waals surface area contributed by atoms with Crippen molar-refractivity contribution in [2.24, 2.45) is 0 Å². The Kier molecular flexibility index (Phi) is 7.39. The molecule has 0 bridgehead atoms. The van der Waals surface area contributed by atoms with Crippen LogP contribution in [-0.4, -0.2) is 31.6 Å². The van der Waals surface area contributed by atoms with Crippen molar-refractivity contribution in [1.82, 2.24) is 0 Å². The predicted molar refractivity (Wildman–Crippen MR) is 99.5 cm³/mol. The number of benzene rings is 1. The molecule has 134 valence electrons. The van der Waals surface area contributed by atoms with Crippen LogP contribution in [0.2, 0.25) is 18.1 Å². The van der Waals surface area contributed by atoms with Crippen LogP contribution in [0.3, 0.4) is 0 Å². The van der Waals surface area contributed by atoms with Crippen LogP contribution in [0.1, 0.15) is 33.3 Å². The van der Waals surface area contributed by atoms with E-state index in [4.69, 9.17) is 14.3 Å². The van der Waals surface area contributed by atoms with Crippen molar-refractivity contribution in [3.8, 4) is 0 Å². The molecule has 0 spiro atoms. The zero-order valence-electron chi connectivity index (χ0n) is 15.6. The molecule has 0 aliphatic rings. The minimum atomic E-state index is -1.96. The summed E-state index contributed by atoms with van der Waals surface area (Å²) in [7, 11) is -1.96. The van der Waals surface area contributed by atoms with Crippen molar-refractivity contribution >= 4 is 14.3 Å². The number of ether oxygens (including phenoxy) is 1. The van der Waals surface area contributed by atoms with Gasteiger partial charge in [-0.15, -0.1) is 0 Å². The number of carboxylic acids is 1.